The zero-order valence-corrected chi connectivity index (χ0v) is 10.5. The second-order valence-corrected chi connectivity index (χ2v) is 4.67. The van der Waals surface area contributed by atoms with Crippen LogP contribution in [0.15, 0.2) is 18.2 Å². The van der Waals surface area contributed by atoms with Gasteiger partial charge in [0.1, 0.15) is 11.8 Å². The molecule has 0 amide bonds. The number of phenolic OH excluding ortho intramolecular Hbond substituents is 1. The Morgan fingerprint density at radius 3 is 2.67 bits per heavy atom. The van der Waals surface area contributed by atoms with Crippen LogP contribution in [-0.4, -0.2) is 47.3 Å². The van der Waals surface area contributed by atoms with Gasteiger partial charge in [0.2, 0.25) is 0 Å². The maximum atomic E-state index is 11.4. The van der Waals surface area contributed by atoms with Crippen molar-refractivity contribution in [3.05, 3.63) is 28.8 Å². The van der Waals surface area contributed by atoms with Crippen LogP contribution in [0.5, 0.6) is 5.75 Å². The van der Waals surface area contributed by atoms with Crippen LogP contribution >= 0.6 is 11.6 Å². The minimum Gasteiger partial charge on any atom is -0.508 e. The highest BCUT2D eigenvalue weighted by atomic mass is 35.5. The summed E-state index contributed by atoms with van der Waals surface area (Å²) in [5.41, 5.74) is 0.344. The van der Waals surface area contributed by atoms with Crippen molar-refractivity contribution in [3.63, 3.8) is 0 Å². The summed E-state index contributed by atoms with van der Waals surface area (Å²) in [4.78, 5) is 13.3. The first kappa shape index (κ1) is 13.1. The minimum absolute atomic E-state index is 0.0367. The highest BCUT2D eigenvalue weighted by Gasteiger charge is 2.30. The van der Waals surface area contributed by atoms with Gasteiger partial charge in [-0.3, -0.25) is 9.69 Å². The standard InChI is InChI=1S/C12H15ClN2O3/c13-8-1-2-10(16)9(7-8)11(12(17)18)15-5-3-14-4-6-15/h1-2,7,11,14,16H,3-6H2,(H,17,18). The quantitative estimate of drug-likeness (QED) is 0.766. The fourth-order valence-electron chi connectivity index (χ4n) is 2.17. The number of halogens is 1. The molecule has 1 unspecified atom stereocenters. The van der Waals surface area contributed by atoms with E-state index in [2.05, 4.69) is 5.32 Å². The van der Waals surface area contributed by atoms with Gasteiger partial charge in [-0.25, -0.2) is 0 Å². The normalized spacial score (nSPS) is 18.5. The molecular formula is C12H15ClN2O3. The molecule has 3 N–H and O–H groups in total. The molecule has 0 aliphatic carbocycles. The molecule has 1 aliphatic heterocycles. The van der Waals surface area contributed by atoms with E-state index in [1.807, 2.05) is 4.90 Å². The Kier molecular flexibility index (Phi) is 4.06. The van der Waals surface area contributed by atoms with E-state index in [0.717, 1.165) is 13.1 Å². The molecule has 98 valence electrons. The predicted molar refractivity (Wildman–Crippen MR) is 67.9 cm³/mol. The van der Waals surface area contributed by atoms with Crippen LogP contribution in [0.1, 0.15) is 11.6 Å². The van der Waals surface area contributed by atoms with Crippen molar-refractivity contribution in [1.29, 1.82) is 0 Å². The third kappa shape index (κ3) is 2.75. The van der Waals surface area contributed by atoms with E-state index in [-0.39, 0.29) is 5.75 Å². The zero-order chi connectivity index (χ0) is 13.1. The summed E-state index contributed by atoms with van der Waals surface area (Å²) < 4.78 is 0. The molecule has 18 heavy (non-hydrogen) atoms. The third-order valence-corrected chi connectivity index (χ3v) is 3.27. The molecule has 5 nitrogen and oxygen atoms in total. The summed E-state index contributed by atoms with van der Waals surface area (Å²) in [6.45, 7) is 2.74. The van der Waals surface area contributed by atoms with Crippen LogP contribution < -0.4 is 5.32 Å². The van der Waals surface area contributed by atoms with E-state index in [1.165, 1.54) is 18.2 Å². The van der Waals surface area contributed by atoms with Crippen molar-refractivity contribution in [2.75, 3.05) is 26.2 Å². The monoisotopic (exact) mass is 270 g/mol. The van der Waals surface area contributed by atoms with Gasteiger partial charge in [0.05, 0.1) is 0 Å². The predicted octanol–water partition coefficient (Wildman–Crippen LogP) is 1.08. The SMILES string of the molecule is O=C(O)C(c1cc(Cl)ccc1O)N1CCNCC1. The number of nitrogens with one attached hydrogen (secondary N) is 1. The van der Waals surface area contributed by atoms with E-state index in [4.69, 9.17) is 11.6 Å². The van der Waals surface area contributed by atoms with Gasteiger partial charge in [0.25, 0.3) is 0 Å². The van der Waals surface area contributed by atoms with Crippen LogP contribution in [0.2, 0.25) is 5.02 Å². The fourth-order valence-corrected chi connectivity index (χ4v) is 2.35. The summed E-state index contributed by atoms with van der Waals surface area (Å²) in [5, 5.41) is 22.8. The van der Waals surface area contributed by atoms with Gasteiger partial charge in [-0.1, -0.05) is 11.6 Å². The van der Waals surface area contributed by atoms with Crippen LogP contribution in [-0.2, 0) is 4.79 Å². The van der Waals surface area contributed by atoms with E-state index in [0.29, 0.717) is 23.7 Å². The van der Waals surface area contributed by atoms with Crippen molar-refractivity contribution in [1.82, 2.24) is 10.2 Å². The molecule has 1 heterocycles. The molecular weight excluding hydrogens is 256 g/mol. The molecule has 0 bridgehead atoms. The van der Waals surface area contributed by atoms with Crippen molar-refractivity contribution in [2.45, 2.75) is 6.04 Å². The Balaban J connectivity index is 2.34. The summed E-state index contributed by atoms with van der Waals surface area (Å²) >= 11 is 5.87. The van der Waals surface area contributed by atoms with Gasteiger partial charge in [0, 0.05) is 36.8 Å². The molecule has 2 rings (SSSR count). The number of hydrogen-bond donors (Lipinski definition) is 3. The first-order valence-corrected chi connectivity index (χ1v) is 6.13. The number of rotatable bonds is 3. The van der Waals surface area contributed by atoms with Gasteiger partial charge in [0.15, 0.2) is 0 Å². The van der Waals surface area contributed by atoms with Gasteiger partial charge < -0.3 is 15.5 Å². The van der Waals surface area contributed by atoms with Crippen LogP contribution in [0, 0.1) is 0 Å². The first-order chi connectivity index (χ1) is 8.59. The van der Waals surface area contributed by atoms with E-state index >= 15 is 0 Å². The Hall–Kier alpha value is -1.30. The van der Waals surface area contributed by atoms with Crippen molar-refractivity contribution >= 4 is 17.6 Å². The molecule has 1 aliphatic rings. The first-order valence-electron chi connectivity index (χ1n) is 5.75. The molecule has 0 radical (unpaired) electrons. The molecule has 0 saturated carbocycles. The maximum absolute atomic E-state index is 11.4. The molecule has 1 atom stereocenters. The number of aliphatic carboxylic acids is 1. The average molecular weight is 271 g/mol. The third-order valence-electron chi connectivity index (χ3n) is 3.03. The number of hydrogen-bond acceptors (Lipinski definition) is 4. The van der Waals surface area contributed by atoms with Crippen LogP contribution in [0.3, 0.4) is 0 Å². The van der Waals surface area contributed by atoms with E-state index in [9.17, 15) is 15.0 Å². The van der Waals surface area contributed by atoms with Gasteiger partial charge in [-0.05, 0) is 18.2 Å². The number of benzene rings is 1. The van der Waals surface area contributed by atoms with Gasteiger partial charge >= 0.3 is 5.97 Å². The lowest BCUT2D eigenvalue weighted by Gasteiger charge is -2.32. The maximum Gasteiger partial charge on any atom is 0.325 e. The number of carbonyl (C=O) groups is 1. The Labute approximate surface area is 110 Å². The zero-order valence-electron chi connectivity index (χ0n) is 9.77. The highest BCUT2D eigenvalue weighted by Crippen LogP contribution is 2.31. The second kappa shape index (κ2) is 5.56. The summed E-state index contributed by atoms with van der Waals surface area (Å²) in [6, 6.07) is 3.62. The average Bonchev–Trinajstić information content (AvgIpc) is 2.35. The number of phenols is 1. The number of nitrogens with zero attached hydrogens (tertiary/aromatic N) is 1. The Morgan fingerprint density at radius 1 is 1.39 bits per heavy atom. The molecule has 0 aromatic heterocycles. The van der Waals surface area contributed by atoms with Crippen LogP contribution in [0.4, 0.5) is 0 Å². The molecule has 0 spiro atoms. The smallest absolute Gasteiger partial charge is 0.325 e. The summed E-state index contributed by atoms with van der Waals surface area (Å²) in [7, 11) is 0. The largest absolute Gasteiger partial charge is 0.508 e. The topological polar surface area (TPSA) is 72.8 Å². The highest BCUT2D eigenvalue weighted by molar-refractivity contribution is 6.30. The molecule has 1 saturated heterocycles. The summed E-state index contributed by atoms with van der Waals surface area (Å²) in [5.74, 6) is -1.01. The number of piperazine rings is 1. The Bertz CT molecular complexity index is 447. The molecule has 1 fully saturated rings. The van der Waals surface area contributed by atoms with Gasteiger partial charge in [-0.15, -0.1) is 0 Å². The molecule has 6 heteroatoms. The fraction of sp³-hybridized carbons (Fsp3) is 0.417. The van der Waals surface area contributed by atoms with Crippen molar-refractivity contribution < 1.29 is 15.0 Å². The van der Waals surface area contributed by atoms with Gasteiger partial charge in [-0.2, -0.15) is 0 Å². The Morgan fingerprint density at radius 2 is 2.06 bits per heavy atom. The van der Waals surface area contributed by atoms with Crippen LogP contribution in [0.25, 0.3) is 0 Å². The summed E-state index contributed by atoms with van der Waals surface area (Å²) in [6.07, 6.45) is 0. The molecule has 1 aromatic carbocycles. The van der Waals surface area contributed by atoms with E-state index in [1.54, 1.807) is 0 Å². The van der Waals surface area contributed by atoms with Crippen molar-refractivity contribution in [3.8, 4) is 5.75 Å². The number of aromatic hydroxyl groups is 1. The lowest BCUT2D eigenvalue weighted by atomic mass is 10.0. The molecule has 1 aromatic rings. The number of carboxylic acid groups (broad SMARTS) is 1. The number of carboxylic acids is 1. The lowest BCUT2D eigenvalue weighted by molar-refractivity contribution is -0.144. The second-order valence-electron chi connectivity index (χ2n) is 4.23. The van der Waals surface area contributed by atoms with E-state index < -0.39 is 12.0 Å². The van der Waals surface area contributed by atoms with Crippen molar-refractivity contribution in [2.24, 2.45) is 0 Å². The minimum atomic E-state index is -0.977. The lowest BCUT2D eigenvalue weighted by Crippen LogP contribution is -2.47.